The Kier molecular flexibility index (Phi) is 9.78. The molecule has 0 aromatic heterocycles. The van der Waals surface area contributed by atoms with Gasteiger partial charge in [0.2, 0.25) is 0 Å². The van der Waals surface area contributed by atoms with Gasteiger partial charge in [-0.25, -0.2) is 19.2 Å². The van der Waals surface area contributed by atoms with Gasteiger partial charge in [-0.1, -0.05) is 11.6 Å². The second-order valence-corrected chi connectivity index (χ2v) is 10.9. The number of hydrogen-bond donors (Lipinski definition) is 1. The molecule has 1 saturated heterocycles. The average Bonchev–Trinajstić information content (AvgIpc) is 2.73. The summed E-state index contributed by atoms with van der Waals surface area (Å²) in [6.45, 7) is 13.4. The van der Waals surface area contributed by atoms with Gasteiger partial charge < -0.3 is 24.2 Å². The number of rotatable bonds is 5. The Bertz CT molecular complexity index is 996. The summed E-state index contributed by atoms with van der Waals surface area (Å²) >= 11 is 6.53. The number of nitrogens with zero attached hydrogens (tertiary/aromatic N) is 3. The van der Waals surface area contributed by atoms with Crippen LogP contribution in [-0.2, 0) is 20.8 Å². The lowest BCUT2D eigenvalue weighted by atomic mass is 10.1. The summed E-state index contributed by atoms with van der Waals surface area (Å²) in [6, 6.07) is 2.81. The number of carbonyl (C=O) groups is 4. The molecule has 12 heteroatoms. The van der Waals surface area contributed by atoms with Crippen molar-refractivity contribution >= 4 is 41.5 Å². The lowest BCUT2D eigenvalue weighted by Gasteiger charge is -2.33. The standard InChI is InChI=1S/C25H36ClN3O8/c1-8-35-20(30)17-14-18(26)16(15-27-9-11-28(12-10-27)21(31)32)13-19(17)29(22(33)36-24(2,3)4)23(34)37-25(5,6)7/h13-14H,8-12,15H2,1-7H3,(H,31,32). The Labute approximate surface area is 222 Å². The van der Waals surface area contributed by atoms with E-state index in [1.165, 1.54) is 17.0 Å². The number of carboxylic acid groups (broad SMARTS) is 1. The molecule has 0 atom stereocenters. The number of amides is 3. The summed E-state index contributed by atoms with van der Waals surface area (Å²) < 4.78 is 16.1. The predicted octanol–water partition coefficient (Wildman–Crippen LogP) is 4.99. The molecule has 1 aromatic carbocycles. The summed E-state index contributed by atoms with van der Waals surface area (Å²) in [6.07, 6.45) is -3.05. The molecular formula is C25H36ClN3O8. The molecule has 1 fully saturated rings. The van der Waals surface area contributed by atoms with Crippen LogP contribution < -0.4 is 4.90 Å². The molecule has 1 aromatic rings. The first-order valence-corrected chi connectivity index (χ1v) is 12.4. The Morgan fingerprint density at radius 1 is 0.946 bits per heavy atom. The fraction of sp³-hybridized carbons (Fsp3) is 0.600. The monoisotopic (exact) mass is 541 g/mol. The van der Waals surface area contributed by atoms with Gasteiger partial charge in [-0.2, -0.15) is 4.90 Å². The highest BCUT2D eigenvalue weighted by molar-refractivity contribution is 6.32. The molecule has 2 rings (SSSR count). The van der Waals surface area contributed by atoms with E-state index in [0.717, 1.165) is 0 Å². The fourth-order valence-corrected chi connectivity index (χ4v) is 3.73. The van der Waals surface area contributed by atoms with E-state index in [0.29, 0.717) is 43.2 Å². The van der Waals surface area contributed by atoms with Crippen LogP contribution in [0.1, 0.15) is 64.4 Å². The number of esters is 1. The molecule has 0 bridgehead atoms. The van der Waals surface area contributed by atoms with Gasteiger partial charge in [0.05, 0.1) is 17.9 Å². The second kappa shape index (κ2) is 12.0. The summed E-state index contributed by atoms with van der Waals surface area (Å²) in [5.74, 6) is -0.780. The van der Waals surface area contributed by atoms with E-state index in [1.54, 1.807) is 48.5 Å². The minimum atomic E-state index is -1.03. The van der Waals surface area contributed by atoms with Gasteiger partial charge >= 0.3 is 24.2 Å². The quantitative estimate of drug-likeness (QED) is 0.405. The van der Waals surface area contributed by atoms with E-state index < -0.39 is 35.5 Å². The van der Waals surface area contributed by atoms with Crippen molar-refractivity contribution in [2.45, 2.75) is 66.2 Å². The topological polar surface area (TPSA) is 126 Å². The van der Waals surface area contributed by atoms with Crippen LogP contribution in [0.5, 0.6) is 0 Å². The number of piperazine rings is 1. The normalized spacial score (nSPS) is 14.6. The molecule has 1 heterocycles. The number of ether oxygens (including phenoxy) is 3. The van der Waals surface area contributed by atoms with Crippen LogP contribution in [-0.4, -0.2) is 83.1 Å². The third-order valence-electron chi connectivity index (χ3n) is 5.09. The van der Waals surface area contributed by atoms with Crippen molar-refractivity contribution in [3.8, 4) is 0 Å². The minimum absolute atomic E-state index is 0.0599. The molecule has 3 amide bonds. The van der Waals surface area contributed by atoms with Crippen molar-refractivity contribution in [1.82, 2.24) is 9.80 Å². The van der Waals surface area contributed by atoms with E-state index in [1.807, 2.05) is 4.90 Å². The van der Waals surface area contributed by atoms with Crippen molar-refractivity contribution in [3.05, 3.63) is 28.3 Å². The zero-order chi connectivity index (χ0) is 28.1. The number of anilines is 1. The van der Waals surface area contributed by atoms with Crippen molar-refractivity contribution in [1.29, 1.82) is 0 Å². The van der Waals surface area contributed by atoms with Gasteiger partial charge in [-0.3, -0.25) is 4.90 Å². The first-order valence-electron chi connectivity index (χ1n) is 12.0. The van der Waals surface area contributed by atoms with Crippen LogP contribution in [0.2, 0.25) is 5.02 Å². The Hall–Kier alpha value is -3.05. The molecule has 0 spiro atoms. The van der Waals surface area contributed by atoms with E-state index in [4.69, 9.17) is 25.8 Å². The largest absolute Gasteiger partial charge is 0.465 e. The first-order chi connectivity index (χ1) is 17.0. The molecule has 37 heavy (non-hydrogen) atoms. The van der Waals surface area contributed by atoms with Crippen molar-refractivity contribution in [2.24, 2.45) is 0 Å². The number of carbonyl (C=O) groups excluding carboxylic acids is 3. The zero-order valence-electron chi connectivity index (χ0n) is 22.4. The number of hydrogen-bond acceptors (Lipinski definition) is 8. The van der Waals surface area contributed by atoms with Gasteiger partial charge in [0.15, 0.2) is 0 Å². The van der Waals surface area contributed by atoms with E-state index in [9.17, 15) is 24.3 Å². The lowest BCUT2D eigenvalue weighted by molar-refractivity contribution is 0.0430. The molecular weight excluding hydrogens is 506 g/mol. The molecule has 11 nitrogen and oxygen atoms in total. The van der Waals surface area contributed by atoms with Crippen molar-refractivity contribution < 1.29 is 38.5 Å². The average molecular weight is 542 g/mol. The SMILES string of the molecule is CCOC(=O)c1cc(Cl)c(CN2CCN(C(=O)O)CC2)cc1N(C(=O)OC(C)(C)C)C(=O)OC(C)(C)C. The molecule has 0 saturated carbocycles. The van der Waals surface area contributed by atoms with Crippen LogP contribution in [0, 0.1) is 0 Å². The molecule has 0 aliphatic carbocycles. The number of halogens is 1. The predicted molar refractivity (Wildman–Crippen MR) is 137 cm³/mol. The zero-order valence-corrected chi connectivity index (χ0v) is 23.2. The minimum Gasteiger partial charge on any atom is -0.465 e. The van der Waals surface area contributed by atoms with Gasteiger partial charge in [-0.05, 0) is 66.2 Å². The fourth-order valence-electron chi connectivity index (χ4n) is 3.51. The maximum Gasteiger partial charge on any atom is 0.424 e. The molecule has 0 unspecified atom stereocenters. The molecule has 0 radical (unpaired) electrons. The molecule has 1 N–H and O–H groups in total. The third-order valence-corrected chi connectivity index (χ3v) is 5.44. The van der Waals surface area contributed by atoms with Crippen LogP contribution in [0.3, 0.4) is 0 Å². The highest BCUT2D eigenvalue weighted by Gasteiger charge is 2.36. The highest BCUT2D eigenvalue weighted by atomic mass is 35.5. The lowest BCUT2D eigenvalue weighted by Crippen LogP contribution is -2.47. The summed E-state index contributed by atoms with van der Waals surface area (Å²) in [7, 11) is 0. The van der Waals surface area contributed by atoms with Crippen LogP contribution >= 0.6 is 11.6 Å². The Morgan fingerprint density at radius 2 is 1.46 bits per heavy atom. The van der Waals surface area contributed by atoms with E-state index >= 15 is 0 Å². The van der Waals surface area contributed by atoms with Gasteiger partial charge in [0.25, 0.3) is 0 Å². The highest BCUT2D eigenvalue weighted by Crippen LogP contribution is 2.32. The Morgan fingerprint density at radius 3 is 1.89 bits per heavy atom. The van der Waals surface area contributed by atoms with Gasteiger partial charge in [0.1, 0.15) is 11.2 Å². The smallest absolute Gasteiger partial charge is 0.424 e. The van der Waals surface area contributed by atoms with E-state index in [-0.39, 0.29) is 22.9 Å². The summed E-state index contributed by atoms with van der Waals surface area (Å²) in [5, 5.41) is 9.42. The number of benzene rings is 1. The molecule has 1 aliphatic heterocycles. The third kappa shape index (κ3) is 8.78. The Balaban J connectivity index is 2.56. The van der Waals surface area contributed by atoms with Crippen LogP contribution in [0.25, 0.3) is 0 Å². The maximum atomic E-state index is 13.3. The molecule has 1 aliphatic rings. The first kappa shape index (κ1) is 30.2. The van der Waals surface area contributed by atoms with Crippen molar-refractivity contribution in [2.75, 3.05) is 37.7 Å². The summed E-state index contributed by atoms with van der Waals surface area (Å²) in [4.78, 5) is 54.6. The number of imide groups is 1. The second-order valence-electron chi connectivity index (χ2n) is 10.5. The van der Waals surface area contributed by atoms with Crippen molar-refractivity contribution in [3.63, 3.8) is 0 Å². The van der Waals surface area contributed by atoms with E-state index in [2.05, 4.69) is 0 Å². The maximum absolute atomic E-state index is 13.3. The molecule has 206 valence electrons. The summed E-state index contributed by atoms with van der Waals surface area (Å²) in [5.41, 5.74) is -1.57. The van der Waals surface area contributed by atoms with Gasteiger partial charge in [0, 0.05) is 37.7 Å². The van der Waals surface area contributed by atoms with Crippen LogP contribution in [0.4, 0.5) is 20.1 Å². The van der Waals surface area contributed by atoms with Gasteiger partial charge in [-0.15, -0.1) is 0 Å². The van der Waals surface area contributed by atoms with Crippen LogP contribution in [0.15, 0.2) is 12.1 Å².